The fourth-order valence-corrected chi connectivity index (χ4v) is 2.58. The quantitative estimate of drug-likeness (QED) is 0.580. The first-order chi connectivity index (χ1) is 13.7. The largest absolute Gasteiger partial charge is 0.445 e. The number of nitrogens with one attached hydrogen (secondary N) is 1. The van der Waals surface area contributed by atoms with Crippen LogP contribution in [0.15, 0.2) is 48.5 Å². The summed E-state index contributed by atoms with van der Waals surface area (Å²) in [5.74, 6) is 0. The number of halogens is 3. The number of carbonyl (C=O) groups is 2. The zero-order chi connectivity index (χ0) is 21.4. The van der Waals surface area contributed by atoms with Gasteiger partial charge in [-0.15, -0.1) is 0 Å². The Labute approximate surface area is 164 Å². The summed E-state index contributed by atoms with van der Waals surface area (Å²) in [7, 11) is 0. The summed E-state index contributed by atoms with van der Waals surface area (Å²) < 4.78 is 43.6. The number of benzene rings is 2. The third-order valence-corrected chi connectivity index (χ3v) is 4.15. The van der Waals surface area contributed by atoms with E-state index in [2.05, 4.69) is 5.32 Å². The Kier molecular flexibility index (Phi) is 7.74. The predicted octanol–water partition coefficient (Wildman–Crippen LogP) is 3.23. The first-order valence-electron chi connectivity index (χ1n) is 8.69. The van der Waals surface area contributed by atoms with E-state index in [1.807, 2.05) is 6.07 Å². The highest BCUT2D eigenvalue weighted by Crippen LogP contribution is 2.33. The number of hydrogen-bond donors (Lipinski definition) is 3. The van der Waals surface area contributed by atoms with Crippen molar-refractivity contribution in [3.63, 3.8) is 0 Å². The van der Waals surface area contributed by atoms with E-state index in [0.29, 0.717) is 12.4 Å². The zero-order valence-corrected chi connectivity index (χ0v) is 15.2. The van der Waals surface area contributed by atoms with Gasteiger partial charge in [-0.3, -0.25) is 4.79 Å². The maximum absolute atomic E-state index is 12.9. The summed E-state index contributed by atoms with van der Waals surface area (Å²) in [6.45, 7) is -0.0496. The minimum Gasteiger partial charge on any atom is -0.445 e. The van der Waals surface area contributed by atoms with Gasteiger partial charge in [-0.1, -0.05) is 36.4 Å². The highest BCUT2D eigenvalue weighted by Gasteiger charge is 2.32. The number of aldehydes is 1. The fraction of sp³-hybridized carbons (Fsp3) is 0.300. The molecule has 1 amide bonds. The van der Waals surface area contributed by atoms with Gasteiger partial charge in [0.25, 0.3) is 0 Å². The zero-order valence-electron chi connectivity index (χ0n) is 15.2. The van der Waals surface area contributed by atoms with Gasteiger partial charge < -0.3 is 20.3 Å². The second-order valence-corrected chi connectivity index (χ2v) is 6.25. The van der Waals surface area contributed by atoms with Crippen LogP contribution in [0.3, 0.4) is 0 Å². The van der Waals surface area contributed by atoms with Crippen LogP contribution in [-0.4, -0.2) is 35.2 Å². The molecule has 0 aliphatic carbocycles. The standard InChI is InChI=1S/C20H20F3NO5/c21-20(22,23)15-7-6-14(11-25)16(10-15)18(27)17(26)8-9-24-19(28)29-12-13-4-2-1-3-5-13/h1-7,10-11,17-18,26-27H,8-9,12H2,(H,24,28). The van der Waals surface area contributed by atoms with Crippen molar-refractivity contribution in [2.24, 2.45) is 0 Å². The van der Waals surface area contributed by atoms with Crippen molar-refractivity contribution < 1.29 is 37.7 Å². The molecule has 0 spiro atoms. The maximum atomic E-state index is 12.9. The molecule has 0 bridgehead atoms. The van der Waals surface area contributed by atoms with Crippen molar-refractivity contribution in [2.75, 3.05) is 6.54 Å². The summed E-state index contributed by atoms with van der Waals surface area (Å²) in [5.41, 5.74) is -0.773. The molecule has 0 saturated carbocycles. The third kappa shape index (κ3) is 6.58. The molecule has 2 aromatic rings. The number of rotatable bonds is 8. The van der Waals surface area contributed by atoms with E-state index in [4.69, 9.17) is 4.74 Å². The van der Waals surface area contributed by atoms with Crippen LogP contribution in [0.4, 0.5) is 18.0 Å². The normalized spacial score (nSPS) is 13.4. The van der Waals surface area contributed by atoms with Gasteiger partial charge in [0.2, 0.25) is 0 Å². The molecule has 2 aromatic carbocycles. The van der Waals surface area contributed by atoms with Gasteiger partial charge in [0.1, 0.15) is 19.0 Å². The number of alkyl halides is 3. The smallest absolute Gasteiger partial charge is 0.416 e. The van der Waals surface area contributed by atoms with Gasteiger partial charge in [0.15, 0.2) is 0 Å². The summed E-state index contributed by atoms with van der Waals surface area (Å²) in [6, 6.07) is 11.2. The van der Waals surface area contributed by atoms with Crippen LogP contribution in [0, 0.1) is 0 Å². The Morgan fingerprint density at radius 3 is 2.45 bits per heavy atom. The molecule has 0 saturated heterocycles. The number of aliphatic hydroxyl groups is 2. The molecule has 2 unspecified atom stereocenters. The van der Waals surface area contributed by atoms with E-state index in [0.717, 1.165) is 17.7 Å². The first kappa shape index (κ1) is 22.4. The maximum Gasteiger partial charge on any atom is 0.416 e. The van der Waals surface area contributed by atoms with Gasteiger partial charge in [0, 0.05) is 12.1 Å². The van der Waals surface area contributed by atoms with E-state index < -0.39 is 30.0 Å². The van der Waals surface area contributed by atoms with Gasteiger partial charge in [0.05, 0.1) is 11.7 Å². The Bertz CT molecular complexity index is 827. The second-order valence-electron chi connectivity index (χ2n) is 6.25. The molecule has 0 heterocycles. The fourth-order valence-electron chi connectivity index (χ4n) is 2.58. The topological polar surface area (TPSA) is 95.9 Å². The lowest BCUT2D eigenvalue weighted by Crippen LogP contribution is -2.30. The van der Waals surface area contributed by atoms with Crippen LogP contribution < -0.4 is 5.32 Å². The summed E-state index contributed by atoms with van der Waals surface area (Å²) in [5, 5.41) is 22.6. The molecule has 2 atom stereocenters. The molecule has 0 aliphatic rings. The Morgan fingerprint density at radius 1 is 1.14 bits per heavy atom. The molecular formula is C20H20F3NO5. The van der Waals surface area contributed by atoms with E-state index >= 15 is 0 Å². The molecule has 0 aromatic heterocycles. The molecule has 2 rings (SSSR count). The van der Waals surface area contributed by atoms with E-state index in [-0.39, 0.29) is 30.7 Å². The molecule has 0 radical (unpaired) electrons. The van der Waals surface area contributed by atoms with E-state index in [1.165, 1.54) is 0 Å². The lowest BCUT2D eigenvalue weighted by molar-refractivity contribution is -0.137. The molecule has 29 heavy (non-hydrogen) atoms. The summed E-state index contributed by atoms with van der Waals surface area (Å²) in [6.07, 6.45) is -8.53. The monoisotopic (exact) mass is 411 g/mol. The van der Waals surface area contributed by atoms with Crippen LogP contribution in [0.25, 0.3) is 0 Å². The van der Waals surface area contributed by atoms with Crippen LogP contribution in [0.2, 0.25) is 0 Å². The van der Waals surface area contributed by atoms with E-state index in [1.54, 1.807) is 24.3 Å². The summed E-state index contributed by atoms with van der Waals surface area (Å²) in [4.78, 5) is 22.7. The molecule has 9 heteroatoms. The van der Waals surface area contributed by atoms with Gasteiger partial charge in [-0.2, -0.15) is 13.2 Å². The molecule has 6 nitrogen and oxygen atoms in total. The number of aliphatic hydroxyl groups excluding tert-OH is 2. The molecule has 0 aliphatic heterocycles. The lowest BCUT2D eigenvalue weighted by Gasteiger charge is -2.21. The number of alkyl carbamates (subject to hydrolysis) is 1. The van der Waals surface area contributed by atoms with Crippen molar-refractivity contribution in [3.05, 3.63) is 70.8 Å². The number of amides is 1. The van der Waals surface area contributed by atoms with Crippen molar-refractivity contribution in [1.29, 1.82) is 0 Å². The first-order valence-corrected chi connectivity index (χ1v) is 8.69. The molecule has 0 fully saturated rings. The Balaban J connectivity index is 1.89. The highest BCUT2D eigenvalue weighted by atomic mass is 19.4. The average Bonchev–Trinajstić information content (AvgIpc) is 2.71. The van der Waals surface area contributed by atoms with Crippen LogP contribution in [0.5, 0.6) is 0 Å². The Hall–Kier alpha value is -2.91. The predicted molar refractivity (Wildman–Crippen MR) is 97.0 cm³/mol. The van der Waals surface area contributed by atoms with Crippen molar-refractivity contribution in [2.45, 2.75) is 31.4 Å². The second kappa shape index (κ2) is 10.0. The number of hydrogen-bond acceptors (Lipinski definition) is 5. The molecular weight excluding hydrogens is 391 g/mol. The Morgan fingerprint density at radius 2 is 1.83 bits per heavy atom. The van der Waals surface area contributed by atoms with Crippen molar-refractivity contribution in [3.8, 4) is 0 Å². The number of ether oxygens (including phenoxy) is 1. The van der Waals surface area contributed by atoms with Gasteiger partial charge >= 0.3 is 12.3 Å². The minimum atomic E-state index is -4.66. The SMILES string of the molecule is O=Cc1ccc(C(F)(F)F)cc1C(O)C(O)CCNC(=O)OCc1ccccc1. The third-order valence-electron chi connectivity index (χ3n) is 4.15. The minimum absolute atomic E-state index is 0.0464. The highest BCUT2D eigenvalue weighted by molar-refractivity contribution is 5.77. The number of carbonyl (C=O) groups excluding carboxylic acids is 2. The van der Waals surface area contributed by atoms with Crippen LogP contribution in [-0.2, 0) is 17.5 Å². The van der Waals surface area contributed by atoms with Gasteiger partial charge in [-0.05, 0) is 29.7 Å². The van der Waals surface area contributed by atoms with Crippen LogP contribution in [0.1, 0.15) is 39.6 Å². The van der Waals surface area contributed by atoms with Crippen LogP contribution >= 0.6 is 0 Å². The molecule has 156 valence electrons. The van der Waals surface area contributed by atoms with E-state index in [9.17, 15) is 33.0 Å². The van der Waals surface area contributed by atoms with Crippen molar-refractivity contribution in [1.82, 2.24) is 5.32 Å². The summed E-state index contributed by atoms with van der Waals surface area (Å²) >= 11 is 0. The lowest BCUT2D eigenvalue weighted by atomic mass is 9.95. The van der Waals surface area contributed by atoms with Crippen molar-refractivity contribution >= 4 is 12.4 Å². The van der Waals surface area contributed by atoms with Gasteiger partial charge in [-0.25, -0.2) is 4.79 Å². The molecule has 3 N–H and O–H groups in total. The average molecular weight is 411 g/mol.